The zero-order valence-corrected chi connectivity index (χ0v) is 16.4. The molecule has 0 spiro atoms. The number of nitrogens with one attached hydrogen (secondary N) is 1. The van der Waals surface area contributed by atoms with Gasteiger partial charge >= 0.3 is 0 Å². The van der Waals surface area contributed by atoms with Crippen molar-refractivity contribution in [1.82, 2.24) is 10.2 Å². The van der Waals surface area contributed by atoms with Gasteiger partial charge in [-0.05, 0) is 37.4 Å². The highest BCUT2D eigenvalue weighted by atomic mass is 35.5. The third kappa shape index (κ3) is 5.02. The molecule has 1 saturated heterocycles. The Morgan fingerprint density at radius 1 is 1.44 bits per heavy atom. The number of carbonyl (C=O) groups is 1. The second-order valence-electron chi connectivity index (χ2n) is 6.84. The van der Waals surface area contributed by atoms with Crippen LogP contribution in [-0.2, 0) is 0 Å². The summed E-state index contributed by atoms with van der Waals surface area (Å²) in [6.45, 7) is 9.28. The van der Waals surface area contributed by atoms with Crippen molar-refractivity contribution in [3.05, 3.63) is 22.7 Å². The van der Waals surface area contributed by atoms with Crippen molar-refractivity contribution in [3.63, 3.8) is 0 Å². The van der Waals surface area contributed by atoms with E-state index in [0.717, 1.165) is 32.5 Å². The van der Waals surface area contributed by atoms with Gasteiger partial charge in [0.05, 0.1) is 18.7 Å². The topological polar surface area (TPSA) is 50.8 Å². The molecule has 1 unspecified atom stereocenters. The third-order valence-corrected chi connectivity index (χ3v) is 4.52. The summed E-state index contributed by atoms with van der Waals surface area (Å²) >= 11 is 6.39. The molecule has 0 bridgehead atoms. The van der Waals surface area contributed by atoms with Crippen LogP contribution in [0.15, 0.2) is 12.1 Å². The Morgan fingerprint density at radius 3 is 2.76 bits per heavy atom. The lowest BCUT2D eigenvalue weighted by molar-refractivity contribution is 0.0692. The Bertz CT molecular complexity index is 586. The number of hydrogen-bond acceptors (Lipinski definition) is 4. The van der Waals surface area contributed by atoms with Crippen molar-refractivity contribution in [2.24, 2.45) is 5.92 Å². The summed E-state index contributed by atoms with van der Waals surface area (Å²) < 4.78 is 11.2. The molecule has 2 rings (SSSR count). The van der Waals surface area contributed by atoms with Crippen molar-refractivity contribution in [2.75, 3.05) is 33.4 Å². The second kappa shape index (κ2) is 9.30. The van der Waals surface area contributed by atoms with E-state index in [1.807, 2.05) is 4.90 Å². The molecule has 0 saturated carbocycles. The molecule has 1 N–H and O–H groups in total. The van der Waals surface area contributed by atoms with Gasteiger partial charge in [-0.15, -0.1) is 0 Å². The quantitative estimate of drug-likeness (QED) is 0.761. The van der Waals surface area contributed by atoms with E-state index in [1.54, 1.807) is 19.2 Å². The van der Waals surface area contributed by atoms with Crippen LogP contribution in [0.2, 0.25) is 5.02 Å². The average Bonchev–Trinajstić information content (AvgIpc) is 3.11. The number of ether oxygens (including phenoxy) is 2. The van der Waals surface area contributed by atoms with E-state index in [1.165, 1.54) is 0 Å². The highest BCUT2D eigenvalue weighted by Gasteiger charge is 2.28. The first-order valence-electron chi connectivity index (χ1n) is 8.99. The van der Waals surface area contributed by atoms with E-state index in [2.05, 4.69) is 26.1 Å². The zero-order chi connectivity index (χ0) is 18.4. The van der Waals surface area contributed by atoms with Gasteiger partial charge in [0.2, 0.25) is 0 Å². The highest BCUT2D eigenvalue weighted by Crippen LogP contribution is 2.37. The fourth-order valence-electron chi connectivity index (χ4n) is 3.00. The monoisotopic (exact) mass is 368 g/mol. The molecule has 1 aliphatic heterocycles. The number of rotatable bonds is 8. The van der Waals surface area contributed by atoms with Crippen LogP contribution < -0.4 is 14.8 Å². The molecule has 140 valence electrons. The molecule has 1 aromatic rings. The van der Waals surface area contributed by atoms with Gasteiger partial charge in [0.1, 0.15) is 0 Å². The molecule has 1 aliphatic rings. The molecule has 1 atom stereocenters. The molecule has 6 heteroatoms. The van der Waals surface area contributed by atoms with Crippen LogP contribution in [-0.4, -0.2) is 50.2 Å². The van der Waals surface area contributed by atoms with Crippen LogP contribution in [0, 0.1) is 5.92 Å². The van der Waals surface area contributed by atoms with E-state index in [9.17, 15) is 4.79 Å². The molecule has 25 heavy (non-hydrogen) atoms. The fraction of sp³-hybridized carbons (Fsp3) is 0.632. The van der Waals surface area contributed by atoms with Gasteiger partial charge in [-0.3, -0.25) is 4.79 Å². The largest absolute Gasteiger partial charge is 0.493 e. The lowest BCUT2D eigenvalue weighted by atomic mass is 10.1. The van der Waals surface area contributed by atoms with E-state index >= 15 is 0 Å². The standard InChI is InChI=1S/C19H29ClN2O3/c1-5-8-22(15-6-7-21-11-15)19(23)14-9-16(20)18(17(10-14)24-4)25-12-13(2)3/h9-10,13,15,21H,5-8,11-12H2,1-4H3. The SMILES string of the molecule is CCCN(C(=O)c1cc(Cl)c(OCC(C)C)c(OC)c1)C1CCNC1. The van der Waals surface area contributed by atoms with Gasteiger partial charge in [0.15, 0.2) is 11.5 Å². The smallest absolute Gasteiger partial charge is 0.254 e. The number of carbonyl (C=O) groups excluding carboxylic acids is 1. The first kappa shape index (κ1) is 19.9. The number of nitrogens with zero attached hydrogens (tertiary/aromatic N) is 1. The number of hydrogen-bond donors (Lipinski definition) is 1. The van der Waals surface area contributed by atoms with Crippen molar-refractivity contribution in [1.29, 1.82) is 0 Å². The molecule has 1 amide bonds. The summed E-state index contributed by atoms with van der Waals surface area (Å²) in [5, 5.41) is 3.73. The molecule has 1 aromatic carbocycles. The Hall–Kier alpha value is -1.46. The number of amides is 1. The lowest BCUT2D eigenvalue weighted by Crippen LogP contribution is -2.42. The fourth-order valence-corrected chi connectivity index (χ4v) is 3.26. The first-order chi connectivity index (χ1) is 12.0. The van der Waals surface area contributed by atoms with E-state index < -0.39 is 0 Å². The number of halogens is 1. The third-order valence-electron chi connectivity index (χ3n) is 4.24. The van der Waals surface area contributed by atoms with Crippen molar-refractivity contribution >= 4 is 17.5 Å². The minimum absolute atomic E-state index is 0.00819. The van der Waals surface area contributed by atoms with Gasteiger partial charge in [-0.1, -0.05) is 32.4 Å². The van der Waals surface area contributed by atoms with Gasteiger partial charge in [0, 0.05) is 24.7 Å². The molecular weight excluding hydrogens is 340 g/mol. The summed E-state index contributed by atoms with van der Waals surface area (Å²) in [6, 6.07) is 3.65. The maximum Gasteiger partial charge on any atom is 0.254 e. The van der Waals surface area contributed by atoms with Gasteiger partial charge in [-0.2, -0.15) is 0 Å². The zero-order valence-electron chi connectivity index (χ0n) is 15.6. The summed E-state index contributed by atoms with van der Waals surface area (Å²) in [7, 11) is 1.56. The summed E-state index contributed by atoms with van der Waals surface area (Å²) in [4.78, 5) is 15.0. The maximum atomic E-state index is 13.1. The Labute approximate surface area is 155 Å². The summed E-state index contributed by atoms with van der Waals surface area (Å²) in [6.07, 6.45) is 1.90. The normalized spacial score (nSPS) is 17.0. The molecule has 0 aromatic heterocycles. The molecule has 0 aliphatic carbocycles. The summed E-state index contributed by atoms with van der Waals surface area (Å²) in [5.41, 5.74) is 0.541. The van der Waals surface area contributed by atoms with Crippen LogP contribution in [0.1, 0.15) is 44.0 Å². The second-order valence-corrected chi connectivity index (χ2v) is 7.25. The summed E-state index contributed by atoms with van der Waals surface area (Å²) in [5.74, 6) is 1.36. The molecule has 1 heterocycles. The predicted octanol–water partition coefficient (Wildman–Crippen LogP) is 3.60. The minimum atomic E-state index is -0.00819. The van der Waals surface area contributed by atoms with Crippen LogP contribution in [0.3, 0.4) is 0 Å². The van der Waals surface area contributed by atoms with Crippen LogP contribution >= 0.6 is 11.6 Å². The van der Waals surface area contributed by atoms with Gasteiger partial charge in [0.25, 0.3) is 5.91 Å². The molecule has 5 nitrogen and oxygen atoms in total. The molecular formula is C19H29ClN2O3. The van der Waals surface area contributed by atoms with Gasteiger partial charge < -0.3 is 19.7 Å². The average molecular weight is 369 g/mol. The minimum Gasteiger partial charge on any atom is -0.493 e. The Kier molecular flexibility index (Phi) is 7.38. The highest BCUT2D eigenvalue weighted by molar-refractivity contribution is 6.32. The Balaban J connectivity index is 2.27. The first-order valence-corrected chi connectivity index (χ1v) is 9.37. The Morgan fingerprint density at radius 2 is 2.20 bits per heavy atom. The van der Waals surface area contributed by atoms with E-state index in [4.69, 9.17) is 21.1 Å². The van der Waals surface area contributed by atoms with E-state index in [-0.39, 0.29) is 11.9 Å². The molecule has 0 radical (unpaired) electrons. The maximum absolute atomic E-state index is 13.1. The van der Waals surface area contributed by atoms with Crippen molar-refractivity contribution in [2.45, 2.75) is 39.7 Å². The van der Waals surface area contributed by atoms with Crippen molar-refractivity contribution < 1.29 is 14.3 Å². The van der Waals surface area contributed by atoms with Gasteiger partial charge in [-0.25, -0.2) is 0 Å². The van der Waals surface area contributed by atoms with Crippen LogP contribution in [0.25, 0.3) is 0 Å². The van der Waals surface area contributed by atoms with Crippen LogP contribution in [0.4, 0.5) is 0 Å². The molecule has 1 fully saturated rings. The number of benzene rings is 1. The van der Waals surface area contributed by atoms with Crippen molar-refractivity contribution in [3.8, 4) is 11.5 Å². The lowest BCUT2D eigenvalue weighted by Gasteiger charge is -2.28. The van der Waals surface area contributed by atoms with E-state index in [0.29, 0.717) is 34.6 Å². The van der Waals surface area contributed by atoms with Crippen LogP contribution in [0.5, 0.6) is 11.5 Å². The predicted molar refractivity (Wildman–Crippen MR) is 101 cm³/mol. The number of methoxy groups -OCH3 is 1.